The van der Waals surface area contributed by atoms with Gasteiger partial charge in [0.15, 0.2) is 0 Å². The van der Waals surface area contributed by atoms with Crippen molar-refractivity contribution in [2.75, 3.05) is 0 Å². The molecule has 10 N–H and O–H groups in total. The van der Waals surface area contributed by atoms with Gasteiger partial charge in [0.05, 0.1) is 6.04 Å². The summed E-state index contributed by atoms with van der Waals surface area (Å²) in [7, 11) is 0. The minimum atomic E-state index is -1.43. The van der Waals surface area contributed by atoms with Crippen LogP contribution in [-0.4, -0.2) is 74.9 Å². The van der Waals surface area contributed by atoms with Gasteiger partial charge in [-0.15, -0.1) is 0 Å². The summed E-state index contributed by atoms with van der Waals surface area (Å²) in [6.45, 7) is 3.53. The van der Waals surface area contributed by atoms with Gasteiger partial charge in [-0.3, -0.25) is 24.0 Å². The van der Waals surface area contributed by atoms with Gasteiger partial charge in [-0.1, -0.05) is 32.0 Å². The lowest BCUT2D eigenvalue weighted by Crippen LogP contribution is -2.57. The summed E-state index contributed by atoms with van der Waals surface area (Å²) in [4.78, 5) is 76.4. The third kappa shape index (κ3) is 10.6. The lowest BCUT2D eigenvalue weighted by Gasteiger charge is -2.25. The fourth-order valence-electron chi connectivity index (χ4n) is 4.24. The number of carboxylic acids is 2. The maximum atomic E-state index is 13.2. The smallest absolute Gasteiger partial charge is 0.326 e. The van der Waals surface area contributed by atoms with E-state index in [2.05, 4.69) is 20.9 Å². The lowest BCUT2D eigenvalue weighted by molar-refractivity contribution is -0.143. The molecule has 0 aliphatic rings. The Hall–Kier alpha value is -4.46. The molecule has 0 bridgehead atoms. The molecule has 41 heavy (non-hydrogen) atoms. The highest BCUT2D eigenvalue weighted by Crippen LogP contribution is 2.19. The molecule has 0 saturated heterocycles. The number of rotatable bonds is 17. The minimum absolute atomic E-state index is 0.0784. The van der Waals surface area contributed by atoms with Crippen LogP contribution in [0.2, 0.25) is 0 Å². The first kappa shape index (κ1) is 32.8. The van der Waals surface area contributed by atoms with Crippen LogP contribution in [0.25, 0.3) is 10.9 Å². The van der Waals surface area contributed by atoms with Crippen LogP contribution < -0.4 is 27.4 Å². The summed E-state index contributed by atoms with van der Waals surface area (Å²) < 4.78 is 0. The Bertz CT molecular complexity index is 1260. The zero-order valence-electron chi connectivity index (χ0n) is 23.0. The van der Waals surface area contributed by atoms with Crippen molar-refractivity contribution < 1.29 is 39.0 Å². The quantitative estimate of drug-likeness (QED) is 0.124. The number of carbonyl (C=O) groups is 6. The Kier molecular flexibility index (Phi) is 12.3. The van der Waals surface area contributed by atoms with Crippen molar-refractivity contribution in [1.29, 1.82) is 0 Å². The Labute approximate surface area is 236 Å². The van der Waals surface area contributed by atoms with E-state index in [1.165, 1.54) is 0 Å². The van der Waals surface area contributed by atoms with E-state index in [-0.39, 0.29) is 38.0 Å². The van der Waals surface area contributed by atoms with Crippen molar-refractivity contribution in [3.05, 3.63) is 36.0 Å². The molecule has 0 saturated carbocycles. The molecule has 4 unspecified atom stereocenters. The highest BCUT2D eigenvalue weighted by atomic mass is 16.4. The molecule has 0 fully saturated rings. The normalized spacial score (nSPS) is 14.0. The topological polar surface area (TPSA) is 247 Å². The number of benzene rings is 1. The van der Waals surface area contributed by atoms with Crippen molar-refractivity contribution >= 4 is 46.5 Å². The predicted molar refractivity (Wildman–Crippen MR) is 148 cm³/mol. The van der Waals surface area contributed by atoms with E-state index in [1.54, 1.807) is 20.0 Å². The highest BCUT2D eigenvalue weighted by molar-refractivity contribution is 5.95. The summed E-state index contributed by atoms with van der Waals surface area (Å²) >= 11 is 0. The number of aromatic nitrogens is 1. The number of hydrogen-bond donors (Lipinski definition) is 8. The maximum Gasteiger partial charge on any atom is 0.326 e. The molecule has 0 aliphatic heterocycles. The Balaban J connectivity index is 2.17. The molecule has 0 radical (unpaired) electrons. The molecule has 2 aromatic rings. The van der Waals surface area contributed by atoms with Gasteiger partial charge in [-0.25, -0.2) is 4.79 Å². The Morgan fingerprint density at radius 1 is 0.854 bits per heavy atom. The van der Waals surface area contributed by atoms with Crippen molar-refractivity contribution in [2.24, 2.45) is 17.4 Å². The van der Waals surface area contributed by atoms with Crippen LogP contribution in [0, 0.1) is 5.92 Å². The number of aromatic amines is 1. The van der Waals surface area contributed by atoms with Gasteiger partial charge in [-0.2, -0.15) is 0 Å². The molecule has 14 heteroatoms. The summed E-state index contributed by atoms with van der Waals surface area (Å²) in [5.41, 5.74) is 13.0. The van der Waals surface area contributed by atoms with Gasteiger partial charge in [-0.05, 0) is 43.2 Å². The van der Waals surface area contributed by atoms with Crippen LogP contribution in [0.4, 0.5) is 0 Å². The Morgan fingerprint density at radius 3 is 1.98 bits per heavy atom. The average molecular weight is 575 g/mol. The molecule has 0 spiro atoms. The van der Waals surface area contributed by atoms with Gasteiger partial charge in [0, 0.05) is 29.9 Å². The number of para-hydroxylation sites is 1. The first-order valence-electron chi connectivity index (χ1n) is 13.2. The van der Waals surface area contributed by atoms with E-state index < -0.39 is 66.2 Å². The van der Waals surface area contributed by atoms with Gasteiger partial charge in [0.2, 0.25) is 23.6 Å². The van der Waals surface area contributed by atoms with E-state index in [4.69, 9.17) is 16.6 Å². The molecule has 1 aromatic carbocycles. The molecule has 14 nitrogen and oxygen atoms in total. The fraction of sp³-hybridized carbons (Fsp3) is 0.481. The van der Waals surface area contributed by atoms with E-state index in [1.807, 2.05) is 24.3 Å². The van der Waals surface area contributed by atoms with Crippen molar-refractivity contribution in [2.45, 2.75) is 76.5 Å². The van der Waals surface area contributed by atoms with Crippen molar-refractivity contribution in [1.82, 2.24) is 20.9 Å². The standard InChI is InChI=1S/C27H38N6O8/c1-14(2)11-21(27(40)41)33-26(39)20(8-10-23(35)36)32-25(38)19(7-9-22(29)34)31-24(37)17(28)12-15-13-30-18-6-4-3-5-16(15)18/h3-6,13-14,17,19-21,30H,7-12,28H2,1-2H3,(H2,29,34)(H,31,37)(H,32,38)(H,33,39)(H,35,36)(H,40,41). The summed E-state index contributed by atoms with van der Waals surface area (Å²) in [6, 6.07) is 2.33. The van der Waals surface area contributed by atoms with Crippen LogP contribution in [-0.2, 0) is 35.2 Å². The SMILES string of the molecule is CC(C)CC(NC(=O)C(CCC(=O)O)NC(=O)C(CCC(N)=O)NC(=O)C(N)Cc1c[nH]c2ccccc12)C(=O)O. The second-order valence-electron chi connectivity index (χ2n) is 10.3. The second kappa shape index (κ2) is 15.4. The maximum absolute atomic E-state index is 13.2. The summed E-state index contributed by atoms with van der Waals surface area (Å²) in [5.74, 6) is -5.83. The zero-order valence-corrected chi connectivity index (χ0v) is 23.0. The zero-order chi connectivity index (χ0) is 30.7. The molecule has 1 heterocycles. The third-order valence-electron chi connectivity index (χ3n) is 6.37. The van der Waals surface area contributed by atoms with Crippen LogP contribution >= 0.6 is 0 Å². The highest BCUT2D eigenvalue weighted by Gasteiger charge is 2.31. The summed E-state index contributed by atoms with van der Waals surface area (Å²) in [6.07, 6.45) is 0.612. The number of nitrogens with two attached hydrogens (primary N) is 2. The molecule has 0 aliphatic carbocycles. The predicted octanol–water partition coefficient (Wildman–Crippen LogP) is -0.247. The first-order chi connectivity index (χ1) is 19.3. The monoisotopic (exact) mass is 574 g/mol. The third-order valence-corrected chi connectivity index (χ3v) is 6.37. The van der Waals surface area contributed by atoms with Crippen LogP contribution in [0.1, 0.15) is 51.5 Å². The van der Waals surface area contributed by atoms with Crippen LogP contribution in [0.15, 0.2) is 30.5 Å². The van der Waals surface area contributed by atoms with Gasteiger partial charge >= 0.3 is 11.9 Å². The number of primary amides is 1. The molecule has 2 rings (SSSR count). The number of carbonyl (C=O) groups excluding carboxylic acids is 4. The van der Waals surface area contributed by atoms with Gasteiger partial charge in [0.25, 0.3) is 0 Å². The largest absolute Gasteiger partial charge is 0.481 e. The number of nitrogens with one attached hydrogen (secondary N) is 4. The lowest BCUT2D eigenvalue weighted by atomic mass is 10.0. The van der Waals surface area contributed by atoms with E-state index in [0.717, 1.165) is 16.5 Å². The average Bonchev–Trinajstić information content (AvgIpc) is 3.30. The van der Waals surface area contributed by atoms with Crippen LogP contribution in [0.5, 0.6) is 0 Å². The molecular formula is C27H38N6O8. The number of H-pyrrole nitrogens is 1. The number of amides is 4. The number of fused-ring (bicyclic) bond motifs is 1. The molecule has 224 valence electrons. The summed E-state index contributed by atoms with van der Waals surface area (Å²) in [5, 5.41) is 26.7. The number of aliphatic carboxylic acids is 2. The minimum Gasteiger partial charge on any atom is -0.481 e. The molecule has 4 atom stereocenters. The number of carboxylic acid groups (broad SMARTS) is 2. The molecule has 1 aromatic heterocycles. The first-order valence-corrected chi connectivity index (χ1v) is 13.2. The van der Waals surface area contributed by atoms with Gasteiger partial charge in [0.1, 0.15) is 18.1 Å². The Morgan fingerprint density at radius 2 is 1.41 bits per heavy atom. The fourth-order valence-corrected chi connectivity index (χ4v) is 4.24. The van der Waals surface area contributed by atoms with Gasteiger partial charge < -0.3 is 42.6 Å². The van der Waals surface area contributed by atoms with E-state index >= 15 is 0 Å². The van der Waals surface area contributed by atoms with E-state index in [9.17, 15) is 33.9 Å². The van der Waals surface area contributed by atoms with Crippen molar-refractivity contribution in [3.8, 4) is 0 Å². The van der Waals surface area contributed by atoms with E-state index in [0.29, 0.717) is 0 Å². The second-order valence-corrected chi connectivity index (χ2v) is 10.3. The molecule has 4 amide bonds. The van der Waals surface area contributed by atoms with Crippen LogP contribution in [0.3, 0.4) is 0 Å². The van der Waals surface area contributed by atoms with Crippen molar-refractivity contribution in [3.63, 3.8) is 0 Å². The number of hydrogen-bond acceptors (Lipinski definition) is 7. The molecular weight excluding hydrogens is 536 g/mol.